The molecule has 70 valence electrons. The normalized spacial score (nSPS) is 11.2. The summed E-state index contributed by atoms with van der Waals surface area (Å²) in [6.07, 6.45) is 0.270. The summed E-state index contributed by atoms with van der Waals surface area (Å²) in [4.78, 5) is 10.7. The number of ether oxygens (including phenoxy) is 1. The van der Waals surface area contributed by atoms with Gasteiger partial charge in [-0.2, -0.15) is 0 Å². The van der Waals surface area contributed by atoms with Crippen molar-refractivity contribution in [3.05, 3.63) is 0 Å². The van der Waals surface area contributed by atoms with Crippen LogP contribution in [0.5, 0.6) is 0 Å². The molecular formula is C8H16N2O2. The minimum Gasteiger partial charge on any atom is -0.480 e. The molecule has 0 unspecified atom stereocenters. The van der Waals surface area contributed by atoms with Gasteiger partial charge in [-0.1, -0.05) is 0 Å². The molecule has 0 saturated heterocycles. The van der Waals surface area contributed by atoms with E-state index in [-0.39, 0.29) is 12.2 Å². The molecule has 0 aromatic carbocycles. The molecule has 0 aromatic heterocycles. The first kappa shape index (κ1) is 10.9. The molecule has 4 heteroatoms. The SMILES string of the molecule is CCO/C(CC(C)=O)=N/N(C)C. The van der Waals surface area contributed by atoms with Crippen LogP contribution in [0.1, 0.15) is 20.3 Å². The summed E-state index contributed by atoms with van der Waals surface area (Å²) in [6, 6.07) is 0. The lowest BCUT2D eigenvalue weighted by Gasteiger charge is -2.09. The van der Waals surface area contributed by atoms with E-state index < -0.39 is 0 Å². The van der Waals surface area contributed by atoms with Crippen LogP contribution in [-0.2, 0) is 9.53 Å². The van der Waals surface area contributed by atoms with E-state index in [1.807, 2.05) is 6.92 Å². The topological polar surface area (TPSA) is 41.9 Å². The minimum absolute atomic E-state index is 0.0593. The van der Waals surface area contributed by atoms with Gasteiger partial charge in [0.15, 0.2) is 0 Å². The van der Waals surface area contributed by atoms with Crippen molar-refractivity contribution >= 4 is 11.7 Å². The van der Waals surface area contributed by atoms with E-state index in [1.165, 1.54) is 6.92 Å². The fraction of sp³-hybridized carbons (Fsp3) is 0.750. The first-order valence-electron chi connectivity index (χ1n) is 3.93. The summed E-state index contributed by atoms with van der Waals surface area (Å²) in [5.41, 5.74) is 0. The van der Waals surface area contributed by atoms with Crippen LogP contribution < -0.4 is 0 Å². The smallest absolute Gasteiger partial charge is 0.213 e. The first-order chi connectivity index (χ1) is 5.56. The summed E-state index contributed by atoms with van der Waals surface area (Å²) < 4.78 is 5.15. The van der Waals surface area contributed by atoms with Crippen LogP contribution in [0.15, 0.2) is 5.10 Å². The van der Waals surface area contributed by atoms with E-state index >= 15 is 0 Å². The summed E-state index contributed by atoms with van der Waals surface area (Å²) in [5.74, 6) is 0.541. The Bertz CT molecular complexity index is 176. The van der Waals surface area contributed by atoms with E-state index in [2.05, 4.69) is 5.10 Å². The highest BCUT2D eigenvalue weighted by Gasteiger charge is 2.03. The van der Waals surface area contributed by atoms with Gasteiger partial charge < -0.3 is 4.74 Å². The van der Waals surface area contributed by atoms with E-state index in [9.17, 15) is 4.79 Å². The molecule has 0 bridgehead atoms. The maximum absolute atomic E-state index is 10.7. The molecule has 4 nitrogen and oxygen atoms in total. The molecule has 0 amide bonds. The molecule has 0 saturated carbocycles. The van der Waals surface area contributed by atoms with Gasteiger partial charge in [-0.3, -0.25) is 9.80 Å². The number of Topliss-reactive ketones (excluding diaryl/α,β-unsaturated/α-hetero) is 1. The highest BCUT2D eigenvalue weighted by atomic mass is 16.5. The van der Waals surface area contributed by atoms with Gasteiger partial charge in [0.05, 0.1) is 13.0 Å². The Balaban J connectivity index is 4.12. The van der Waals surface area contributed by atoms with Crippen molar-refractivity contribution < 1.29 is 9.53 Å². The van der Waals surface area contributed by atoms with Gasteiger partial charge in [-0.05, 0) is 13.8 Å². The maximum Gasteiger partial charge on any atom is 0.213 e. The third-order valence-electron chi connectivity index (χ3n) is 1.02. The van der Waals surface area contributed by atoms with E-state index in [0.717, 1.165) is 0 Å². The average Bonchev–Trinajstić information content (AvgIpc) is 1.84. The molecule has 0 aromatic rings. The number of rotatable bonds is 4. The molecule has 0 heterocycles. The molecular weight excluding hydrogens is 156 g/mol. The van der Waals surface area contributed by atoms with Gasteiger partial charge in [0.1, 0.15) is 5.78 Å². The van der Waals surface area contributed by atoms with Crippen molar-refractivity contribution in [2.24, 2.45) is 5.10 Å². The Kier molecular flexibility index (Phi) is 5.08. The Hall–Kier alpha value is -1.06. The van der Waals surface area contributed by atoms with Crippen molar-refractivity contribution in [1.29, 1.82) is 0 Å². The fourth-order valence-corrected chi connectivity index (χ4v) is 0.718. The van der Waals surface area contributed by atoms with Crippen molar-refractivity contribution in [3.63, 3.8) is 0 Å². The second kappa shape index (κ2) is 5.57. The first-order valence-corrected chi connectivity index (χ1v) is 3.93. The number of hydrogen-bond donors (Lipinski definition) is 0. The molecule has 0 radical (unpaired) electrons. The number of nitrogens with zero attached hydrogens (tertiary/aromatic N) is 2. The molecule has 0 aliphatic heterocycles. The van der Waals surface area contributed by atoms with Crippen LogP contribution in [0, 0.1) is 0 Å². The zero-order valence-corrected chi connectivity index (χ0v) is 8.13. The molecule has 0 rings (SSSR count). The number of carbonyl (C=O) groups is 1. The van der Waals surface area contributed by atoms with Crippen molar-refractivity contribution in [1.82, 2.24) is 5.01 Å². The number of carbonyl (C=O) groups excluding carboxylic acids is 1. The van der Waals surface area contributed by atoms with Crippen LogP contribution >= 0.6 is 0 Å². The number of ketones is 1. The van der Waals surface area contributed by atoms with Crippen LogP contribution in [0.3, 0.4) is 0 Å². The molecule has 0 aliphatic carbocycles. The maximum atomic E-state index is 10.7. The van der Waals surface area contributed by atoms with Gasteiger partial charge in [0.25, 0.3) is 0 Å². The lowest BCUT2D eigenvalue weighted by Crippen LogP contribution is -2.14. The zero-order valence-electron chi connectivity index (χ0n) is 8.13. The Morgan fingerprint density at radius 1 is 1.50 bits per heavy atom. The Morgan fingerprint density at radius 2 is 2.08 bits per heavy atom. The fourth-order valence-electron chi connectivity index (χ4n) is 0.718. The minimum atomic E-state index is 0.0593. The molecule has 0 atom stereocenters. The van der Waals surface area contributed by atoms with E-state index in [0.29, 0.717) is 12.5 Å². The highest BCUT2D eigenvalue weighted by molar-refractivity contribution is 5.96. The van der Waals surface area contributed by atoms with Gasteiger partial charge in [0, 0.05) is 14.1 Å². The number of hydrazone groups is 1. The van der Waals surface area contributed by atoms with Crippen LogP contribution in [0.4, 0.5) is 0 Å². The molecule has 0 fully saturated rings. The van der Waals surface area contributed by atoms with Crippen molar-refractivity contribution in [3.8, 4) is 0 Å². The van der Waals surface area contributed by atoms with Gasteiger partial charge in [-0.25, -0.2) is 0 Å². The van der Waals surface area contributed by atoms with E-state index in [1.54, 1.807) is 19.1 Å². The molecule has 0 spiro atoms. The zero-order chi connectivity index (χ0) is 9.56. The van der Waals surface area contributed by atoms with E-state index in [4.69, 9.17) is 4.74 Å². The third kappa shape index (κ3) is 5.70. The average molecular weight is 172 g/mol. The largest absolute Gasteiger partial charge is 0.480 e. The van der Waals surface area contributed by atoms with Gasteiger partial charge >= 0.3 is 0 Å². The lowest BCUT2D eigenvalue weighted by atomic mass is 10.3. The Labute approximate surface area is 73.2 Å². The van der Waals surface area contributed by atoms with Crippen molar-refractivity contribution in [2.75, 3.05) is 20.7 Å². The molecule has 0 N–H and O–H groups in total. The quantitative estimate of drug-likeness (QED) is 0.359. The Morgan fingerprint density at radius 3 is 2.42 bits per heavy atom. The summed E-state index contributed by atoms with van der Waals surface area (Å²) in [6.45, 7) is 3.93. The lowest BCUT2D eigenvalue weighted by molar-refractivity contribution is -0.116. The van der Waals surface area contributed by atoms with Crippen LogP contribution in [-0.4, -0.2) is 37.4 Å². The summed E-state index contributed by atoms with van der Waals surface area (Å²) in [5, 5.41) is 5.63. The van der Waals surface area contributed by atoms with Crippen LogP contribution in [0.25, 0.3) is 0 Å². The molecule has 0 aliphatic rings. The predicted octanol–water partition coefficient (Wildman–Crippen LogP) is 0.877. The summed E-state index contributed by atoms with van der Waals surface area (Å²) >= 11 is 0. The second-order valence-corrected chi connectivity index (χ2v) is 2.65. The van der Waals surface area contributed by atoms with Gasteiger partial charge in [-0.15, -0.1) is 5.10 Å². The third-order valence-corrected chi connectivity index (χ3v) is 1.02. The predicted molar refractivity (Wildman–Crippen MR) is 48.0 cm³/mol. The standard InChI is InChI=1S/C8H16N2O2/c1-5-12-8(6-7(2)11)9-10(3)4/h5-6H2,1-4H3/b9-8+. The molecule has 12 heavy (non-hydrogen) atoms. The highest BCUT2D eigenvalue weighted by Crippen LogP contribution is 1.93. The monoisotopic (exact) mass is 172 g/mol. The number of hydrogen-bond acceptors (Lipinski definition) is 4. The second-order valence-electron chi connectivity index (χ2n) is 2.65. The van der Waals surface area contributed by atoms with Crippen LogP contribution in [0.2, 0.25) is 0 Å². The van der Waals surface area contributed by atoms with Gasteiger partial charge in [0.2, 0.25) is 5.90 Å². The summed E-state index contributed by atoms with van der Waals surface area (Å²) in [7, 11) is 3.58. The van der Waals surface area contributed by atoms with Crippen molar-refractivity contribution in [2.45, 2.75) is 20.3 Å².